The molecule has 0 heterocycles. The number of ketones is 1. The average Bonchev–Trinajstić information content (AvgIpc) is 2.73. The zero-order chi connectivity index (χ0) is 22.4. The Balaban J connectivity index is 1.57. The standard InChI is InChI=1S/C24H23NO5S/c1-17(24(27)21-12-14-22(15-13-21)25-31(2,28)29)30-23(26)16-18-8-10-20(11-9-18)19-6-4-3-5-7-19/h3-15,17,25H,16H2,1-2H3/t17-/m1/s1. The fraction of sp³-hybridized carbons (Fsp3) is 0.167. The lowest BCUT2D eigenvalue weighted by Gasteiger charge is -2.13. The minimum atomic E-state index is -3.40. The number of carbonyl (C=O) groups is 2. The van der Waals surface area contributed by atoms with E-state index >= 15 is 0 Å². The predicted octanol–water partition coefficient (Wildman–Crippen LogP) is 4.08. The van der Waals surface area contributed by atoms with E-state index in [-0.39, 0.29) is 12.2 Å². The maximum Gasteiger partial charge on any atom is 0.310 e. The topological polar surface area (TPSA) is 89.5 Å². The molecule has 0 spiro atoms. The number of Topliss-reactive ketones (excluding diaryl/α,β-unsaturated/α-hetero) is 1. The normalized spacial score (nSPS) is 12.1. The van der Waals surface area contributed by atoms with E-state index in [1.54, 1.807) is 0 Å². The van der Waals surface area contributed by atoms with Crippen molar-refractivity contribution < 1.29 is 22.7 Å². The van der Waals surface area contributed by atoms with Gasteiger partial charge in [0.05, 0.1) is 12.7 Å². The van der Waals surface area contributed by atoms with Crippen molar-refractivity contribution in [3.8, 4) is 11.1 Å². The van der Waals surface area contributed by atoms with Crippen molar-refractivity contribution >= 4 is 27.5 Å². The Morgan fingerprint density at radius 1 is 0.871 bits per heavy atom. The molecule has 0 saturated heterocycles. The van der Waals surface area contributed by atoms with Gasteiger partial charge in [-0.25, -0.2) is 8.42 Å². The number of anilines is 1. The zero-order valence-electron chi connectivity index (χ0n) is 17.2. The maximum atomic E-state index is 12.5. The Morgan fingerprint density at radius 2 is 1.45 bits per heavy atom. The molecular weight excluding hydrogens is 414 g/mol. The van der Waals surface area contributed by atoms with Crippen LogP contribution in [0.15, 0.2) is 78.9 Å². The molecule has 6 nitrogen and oxygen atoms in total. The summed E-state index contributed by atoms with van der Waals surface area (Å²) >= 11 is 0. The Hall–Kier alpha value is -3.45. The van der Waals surface area contributed by atoms with Crippen molar-refractivity contribution in [3.63, 3.8) is 0 Å². The minimum Gasteiger partial charge on any atom is -0.454 e. The van der Waals surface area contributed by atoms with Gasteiger partial charge < -0.3 is 4.74 Å². The first kappa shape index (κ1) is 22.2. The second-order valence-electron chi connectivity index (χ2n) is 7.19. The molecule has 1 N–H and O–H groups in total. The van der Waals surface area contributed by atoms with Crippen LogP contribution in [0.1, 0.15) is 22.8 Å². The highest BCUT2D eigenvalue weighted by molar-refractivity contribution is 7.92. The van der Waals surface area contributed by atoms with E-state index in [1.165, 1.54) is 31.2 Å². The molecule has 3 aromatic rings. The second kappa shape index (κ2) is 9.57. The molecule has 0 aliphatic carbocycles. The number of nitrogens with one attached hydrogen (secondary N) is 1. The molecule has 0 bridgehead atoms. The summed E-state index contributed by atoms with van der Waals surface area (Å²) in [6, 6.07) is 23.5. The first-order chi connectivity index (χ1) is 14.7. The van der Waals surface area contributed by atoms with Crippen LogP contribution in [0.4, 0.5) is 5.69 Å². The molecule has 3 rings (SSSR count). The molecule has 7 heteroatoms. The summed E-state index contributed by atoms with van der Waals surface area (Å²) in [5, 5.41) is 0. The van der Waals surface area contributed by atoms with Crippen molar-refractivity contribution in [3.05, 3.63) is 90.0 Å². The lowest BCUT2D eigenvalue weighted by atomic mass is 10.0. The zero-order valence-corrected chi connectivity index (χ0v) is 18.1. The van der Waals surface area contributed by atoms with Gasteiger partial charge in [-0.3, -0.25) is 14.3 Å². The van der Waals surface area contributed by atoms with Gasteiger partial charge in [0.15, 0.2) is 6.10 Å². The highest BCUT2D eigenvalue weighted by atomic mass is 32.2. The highest BCUT2D eigenvalue weighted by Gasteiger charge is 2.20. The SMILES string of the molecule is C[C@@H](OC(=O)Cc1ccc(-c2ccccc2)cc1)C(=O)c1ccc(NS(C)(=O)=O)cc1. The van der Waals surface area contributed by atoms with E-state index in [0.29, 0.717) is 11.3 Å². The molecule has 0 aliphatic rings. The summed E-state index contributed by atoms with van der Waals surface area (Å²) in [4.78, 5) is 24.8. The first-order valence-electron chi connectivity index (χ1n) is 9.67. The fourth-order valence-electron chi connectivity index (χ4n) is 3.06. The van der Waals surface area contributed by atoms with E-state index in [9.17, 15) is 18.0 Å². The van der Waals surface area contributed by atoms with Crippen LogP contribution in [-0.2, 0) is 26.0 Å². The van der Waals surface area contributed by atoms with Crippen LogP contribution < -0.4 is 4.72 Å². The number of benzene rings is 3. The number of rotatable bonds is 8. The number of esters is 1. The Kier molecular flexibility index (Phi) is 6.87. The Bertz CT molecular complexity index is 1150. The van der Waals surface area contributed by atoms with Crippen LogP contribution in [0.2, 0.25) is 0 Å². The van der Waals surface area contributed by atoms with Crippen molar-refractivity contribution in [1.29, 1.82) is 0 Å². The average molecular weight is 438 g/mol. The van der Waals surface area contributed by atoms with Gasteiger partial charge >= 0.3 is 5.97 Å². The third-order valence-corrected chi connectivity index (χ3v) is 5.17. The van der Waals surface area contributed by atoms with Gasteiger partial charge in [-0.2, -0.15) is 0 Å². The van der Waals surface area contributed by atoms with Crippen molar-refractivity contribution in [2.24, 2.45) is 0 Å². The van der Waals surface area contributed by atoms with Crippen molar-refractivity contribution in [2.45, 2.75) is 19.4 Å². The Morgan fingerprint density at radius 3 is 2.03 bits per heavy atom. The maximum absolute atomic E-state index is 12.5. The van der Waals surface area contributed by atoms with Crippen molar-refractivity contribution in [2.75, 3.05) is 11.0 Å². The number of hydrogen-bond acceptors (Lipinski definition) is 5. The first-order valence-corrected chi connectivity index (χ1v) is 11.6. The lowest BCUT2D eigenvalue weighted by molar-refractivity contribution is -0.145. The van der Waals surface area contributed by atoms with Gasteiger partial charge in [0.25, 0.3) is 0 Å². The molecule has 0 fully saturated rings. The molecule has 0 unspecified atom stereocenters. The Labute approximate surface area is 181 Å². The molecule has 0 saturated carbocycles. The van der Waals surface area contributed by atoms with Crippen LogP contribution in [-0.4, -0.2) is 32.5 Å². The second-order valence-corrected chi connectivity index (χ2v) is 8.94. The number of sulfonamides is 1. The van der Waals surface area contributed by atoms with Gasteiger partial charge in [-0.15, -0.1) is 0 Å². The van der Waals surface area contributed by atoms with Crippen LogP contribution in [0.25, 0.3) is 11.1 Å². The molecule has 1 atom stereocenters. The summed E-state index contributed by atoms with van der Waals surface area (Å²) in [5.74, 6) is -0.859. The summed E-state index contributed by atoms with van der Waals surface area (Å²) in [7, 11) is -3.40. The van der Waals surface area contributed by atoms with Crippen LogP contribution >= 0.6 is 0 Å². The van der Waals surface area contributed by atoms with Gasteiger partial charge in [0.1, 0.15) is 0 Å². The smallest absolute Gasteiger partial charge is 0.310 e. The molecule has 0 aromatic heterocycles. The summed E-state index contributed by atoms with van der Waals surface area (Å²) in [6.45, 7) is 1.52. The highest BCUT2D eigenvalue weighted by Crippen LogP contribution is 2.20. The fourth-order valence-corrected chi connectivity index (χ4v) is 3.62. The quantitative estimate of drug-likeness (QED) is 0.424. The minimum absolute atomic E-state index is 0.0594. The van der Waals surface area contributed by atoms with Crippen LogP contribution in [0, 0.1) is 0 Å². The molecule has 3 aromatic carbocycles. The monoisotopic (exact) mass is 437 g/mol. The van der Waals surface area contributed by atoms with Crippen molar-refractivity contribution in [1.82, 2.24) is 0 Å². The predicted molar refractivity (Wildman–Crippen MR) is 120 cm³/mol. The third kappa shape index (κ3) is 6.52. The molecule has 0 amide bonds. The molecular formula is C24H23NO5S. The van der Waals surface area contributed by atoms with Crippen LogP contribution in [0.3, 0.4) is 0 Å². The third-order valence-electron chi connectivity index (χ3n) is 4.56. The number of hydrogen-bond donors (Lipinski definition) is 1. The molecule has 31 heavy (non-hydrogen) atoms. The van der Waals surface area contributed by atoms with Crippen LogP contribution in [0.5, 0.6) is 0 Å². The van der Waals surface area contributed by atoms with E-state index < -0.39 is 22.1 Å². The molecule has 0 aliphatic heterocycles. The van der Waals surface area contributed by atoms with E-state index in [0.717, 1.165) is 22.9 Å². The largest absolute Gasteiger partial charge is 0.454 e. The van der Waals surface area contributed by atoms with Gasteiger partial charge in [-0.05, 0) is 47.9 Å². The molecule has 160 valence electrons. The number of ether oxygens (including phenoxy) is 1. The lowest BCUT2D eigenvalue weighted by Crippen LogP contribution is -2.25. The van der Waals surface area contributed by atoms with Gasteiger partial charge in [0, 0.05) is 11.3 Å². The summed E-state index contributed by atoms with van der Waals surface area (Å²) in [6.07, 6.45) is 0.150. The summed E-state index contributed by atoms with van der Waals surface area (Å²) in [5.41, 5.74) is 3.61. The van der Waals surface area contributed by atoms with Gasteiger partial charge in [0.2, 0.25) is 15.8 Å². The molecule has 0 radical (unpaired) electrons. The van der Waals surface area contributed by atoms with E-state index in [4.69, 9.17) is 4.74 Å². The van der Waals surface area contributed by atoms with E-state index in [2.05, 4.69) is 4.72 Å². The summed E-state index contributed by atoms with van der Waals surface area (Å²) < 4.78 is 30.1. The van der Waals surface area contributed by atoms with E-state index in [1.807, 2.05) is 54.6 Å². The number of carbonyl (C=O) groups excluding carboxylic acids is 2. The van der Waals surface area contributed by atoms with Gasteiger partial charge in [-0.1, -0.05) is 54.6 Å².